The fourth-order valence-electron chi connectivity index (χ4n) is 3.82. The second kappa shape index (κ2) is 7.33. The lowest BCUT2D eigenvalue weighted by atomic mass is 9.81. The number of amides is 3. The molecule has 0 aromatic heterocycles. The average Bonchev–Trinajstić information content (AvgIpc) is 2.87. The first-order valence-electron chi connectivity index (χ1n) is 8.88. The highest BCUT2D eigenvalue weighted by Gasteiger charge is 2.50. The van der Waals surface area contributed by atoms with Crippen LogP contribution in [0, 0.1) is 17.7 Å². The molecule has 3 amide bonds. The molecule has 1 N–H and O–H groups in total. The van der Waals surface area contributed by atoms with Crippen LogP contribution in [0.25, 0.3) is 0 Å². The Balaban J connectivity index is 1.55. The lowest BCUT2D eigenvalue weighted by Crippen LogP contribution is -2.48. The van der Waals surface area contributed by atoms with E-state index in [-0.39, 0.29) is 35.4 Å². The van der Waals surface area contributed by atoms with E-state index in [9.17, 15) is 18.8 Å². The zero-order chi connectivity index (χ0) is 18.0. The highest BCUT2D eigenvalue weighted by atomic mass is 19.1. The van der Waals surface area contributed by atoms with Gasteiger partial charge in [-0.05, 0) is 43.9 Å². The Bertz CT molecular complexity index is 650. The van der Waals surface area contributed by atoms with E-state index < -0.39 is 6.04 Å². The van der Waals surface area contributed by atoms with Crippen LogP contribution in [-0.4, -0.2) is 35.2 Å². The lowest BCUT2D eigenvalue weighted by molar-refractivity contribution is -0.147. The van der Waals surface area contributed by atoms with Crippen molar-refractivity contribution in [2.75, 3.05) is 6.54 Å². The van der Waals surface area contributed by atoms with E-state index in [0.717, 1.165) is 36.1 Å². The van der Waals surface area contributed by atoms with Crippen LogP contribution in [0.1, 0.15) is 38.2 Å². The van der Waals surface area contributed by atoms with E-state index >= 15 is 0 Å². The molecule has 3 rings (SSSR count). The smallest absolute Gasteiger partial charge is 0.243 e. The van der Waals surface area contributed by atoms with E-state index in [1.807, 2.05) is 0 Å². The standard InChI is InChI=1S/C19H23FN2O3/c1-12(17(23)21-11-10-13-6-8-14(20)9-7-13)22-18(24)15-4-2-3-5-16(15)19(22)25/h6-9,12,15-16H,2-5,10-11H2,1H3,(H,21,23). The Hall–Kier alpha value is -2.24. The maximum atomic E-state index is 12.9. The Morgan fingerprint density at radius 3 is 2.28 bits per heavy atom. The molecule has 134 valence electrons. The van der Waals surface area contributed by atoms with Gasteiger partial charge in [0.2, 0.25) is 17.7 Å². The second-order valence-corrected chi connectivity index (χ2v) is 6.89. The Labute approximate surface area is 146 Å². The minimum Gasteiger partial charge on any atom is -0.354 e. The number of imide groups is 1. The Morgan fingerprint density at radius 2 is 1.72 bits per heavy atom. The van der Waals surface area contributed by atoms with Gasteiger partial charge in [-0.1, -0.05) is 25.0 Å². The van der Waals surface area contributed by atoms with E-state index in [1.54, 1.807) is 19.1 Å². The van der Waals surface area contributed by atoms with Gasteiger partial charge < -0.3 is 5.32 Å². The number of benzene rings is 1. The van der Waals surface area contributed by atoms with Gasteiger partial charge in [0.15, 0.2) is 0 Å². The van der Waals surface area contributed by atoms with Crippen molar-refractivity contribution in [1.29, 1.82) is 0 Å². The minimum absolute atomic E-state index is 0.198. The molecule has 5 nitrogen and oxygen atoms in total. The molecule has 0 bridgehead atoms. The molecule has 1 aromatic rings. The van der Waals surface area contributed by atoms with Crippen LogP contribution in [-0.2, 0) is 20.8 Å². The van der Waals surface area contributed by atoms with Gasteiger partial charge in [0.1, 0.15) is 11.9 Å². The van der Waals surface area contributed by atoms with Gasteiger partial charge in [-0.3, -0.25) is 19.3 Å². The average molecular weight is 346 g/mol. The molecule has 25 heavy (non-hydrogen) atoms. The molecule has 3 atom stereocenters. The highest BCUT2D eigenvalue weighted by Crippen LogP contribution is 2.38. The second-order valence-electron chi connectivity index (χ2n) is 6.89. The van der Waals surface area contributed by atoms with Crippen LogP contribution in [0.5, 0.6) is 0 Å². The van der Waals surface area contributed by atoms with Crippen molar-refractivity contribution in [1.82, 2.24) is 10.2 Å². The first kappa shape index (κ1) is 17.6. The zero-order valence-electron chi connectivity index (χ0n) is 14.3. The first-order chi connectivity index (χ1) is 12.0. The maximum absolute atomic E-state index is 12.9. The topological polar surface area (TPSA) is 66.5 Å². The van der Waals surface area contributed by atoms with Crippen molar-refractivity contribution in [3.63, 3.8) is 0 Å². The van der Waals surface area contributed by atoms with Crippen LogP contribution < -0.4 is 5.32 Å². The number of carbonyl (C=O) groups is 3. The van der Waals surface area contributed by atoms with E-state index in [1.165, 1.54) is 12.1 Å². The predicted molar refractivity (Wildman–Crippen MR) is 89.9 cm³/mol. The van der Waals surface area contributed by atoms with Crippen molar-refractivity contribution >= 4 is 17.7 Å². The summed E-state index contributed by atoms with van der Waals surface area (Å²) in [6, 6.07) is 5.30. The lowest BCUT2D eigenvalue weighted by Gasteiger charge is -2.22. The van der Waals surface area contributed by atoms with Gasteiger partial charge in [-0.15, -0.1) is 0 Å². The summed E-state index contributed by atoms with van der Waals surface area (Å²) >= 11 is 0. The third-order valence-corrected chi connectivity index (χ3v) is 5.27. The molecule has 6 heteroatoms. The number of likely N-dealkylation sites (tertiary alicyclic amines) is 1. The number of hydrogen-bond donors (Lipinski definition) is 1. The van der Waals surface area contributed by atoms with Crippen LogP contribution in [0.4, 0.5) is 4.39 Å². The van der Waals surface area contributed by atoms with E-state index in [0.29, 0.717) is 13.0 Å². The highest BCUT2D eigenvalue weighted by molar-refractivity contribution is 6.08. The van der Waals surface area contributed by atoms with Crippen LogP contribution in [0.15, 0.2) is 24.3 Å². The zero-order valence-corrected chi connectivity index (χ0v) is 14.3. The first-order valence-corrected chi connectivity index (χ1v) is 8.88. The summed E-state index contributed by atoms with van der Waals surface area (Å²) in [4.78, 5) is 38.5. The molecule has 1 heterocycles. The molecule has 3 unspecified atom stereocenters. The molecule has 2 aliphatic rings. The third-order valence-electron chi connectivity index (χ3n) is 5.27. The molecular weight excluding hydrogens is 323 g/mol. The number of hydrogen-bond acceptors (Lipinski definition) is 3. The van der Waals surface area contributed by atoms with Gasteiger partial charge in [-0.25, -0.2) is 4.39 Å². The van der Waals surface area contributed by atoms with Crippen molar-refractivity contribution in [3.05, 3.63) is 35.6 Å². The molecule has 1 saturated carbocycles. The number of carbonyl (C=O) groups excluding carboxylic acids is 3. The largest absolute Gasteiger partial charge is 0.354 e. The molecule has 2 fully saturated rings. The molecule has 1 aliphatic heterocycles. The third kappa shape index (κ3) is 3.57. The van der Waals surface area contributed by atoms with Gasteiger partial charge in [-0.2, -0.15) is 0 Å². The number of nitrogens with zero attached hydrogens (tertiary/aromatic N) is 1. The summed E-state index contributed by atoms with van der Waals surface area (Å²) < 4.78 is 12.9. The summed E-state index contributed by atoms with van der Waals surface area (Å²) in [6.45, 7) is 1.97. The summed E-state index contributed by atoms with van der Waals surface area (Å²) in [5, 5.41) is 2.77. The number of halogens is 1. The van der Waals surface area contributed by atoms with Crippen molar-refractivity contribution in [3.8, 4) is 0 Å². The monoisotopic (exact) mass is 346 g/mol. The fraction of sp³-hybridized carbons (Fsp3) is 0.526. The molecule has 0 radical (unpaired) electrons. The fourth-order valence-corrected chi connectivity index (χ4v) is 3.82. The van der Waals surface area contributed by atoms with Crippen molar-refractivity contribution < 1.29 is 18.8 Å². The SMILES string of the molecule is CC(C(=O)NCCc1ccc(F)cc1)N1C(=O)C2CCCCC2C1=O. The Kier molecular flexibility index (Phi) is 5.16. The van der Waals surface area contributed by atoms with Crippen LogP contribution in [0.2, 0.25) is 0 Å². The number of fused-ring (bicyclic) bond motifs is 1. The molecular formula is C19H23FN2O3. The summed E-state index contributed by atoms with van der Waals surface area (Å²) in [6.07, 6.45) is 3.97. The van der Waals surface area contributed by atoms with Crippen molar-refractivity contribution in [2.24, 2.45) is 11.8 Å². The van der Waals surface area contributed by atoms with E-state index in [2.05, 4.69) is 5.32 Å². The Morgan fingerprint density at radius 1 is 1.16 bits per heavy atom. The van der Waals surface area contributed by atoms with Crippen LogP contribution >= 0.6 is 0 Å². The molecule has 1 aliphatic carbocycles. The van der Waals surface area contributed by atoms with E-state index in [4.69, 9.17) is 0 Å². The summed E-state index contributed by atoms with van der Waals surface area (Å²) in [5.74, 6) is -1.51. The van der Waals surface area contributed by atoms with Gasteiger partial charge in [0.25, 0.3) is 0 Å². The molecule has 1 aromatic carbocycles. The maximum Gasteiger partial charge on any atom is 0.243 e. The summed E-state index contributed by atoms with van der Waals surface area (Å²) in [7, 11) is 0. The van der Waals surface area contributed by atoms with Gasteiger partial charge in [0, 0.05) is 6.54 Å². The van der Waals surface area contributed by atoms with Gasteiger partial charge >= 0.3 is 0 Å². The molecule has 1 saturated heterocycles. The summed E-state index contributed by atoms with van der Waals surface area (Å²) in [5.41, 5.74) is 0.911. The number of rotatable bonds is 5. The molecule has 0 spiro atoms. The minimum atomic E-state index is -0.793. The normalized spacial score (nSPS) is 24.2. The number of nitrogens with one attached hydrogen (secondary N) is 1. The quantitative estimate of drug-likeness (QED) is 0.830. The van der Waals surface area contributed by atoms with Crippen molar-refractivity contribution in [2.45, 2.75) is 45.1 Å². The predicted octanol–water partition coefficient (Wildman–Crippen LogP) is 2.05. The van der Waals surface area contributed by atoms with Gasteiger partial charge in [0.05, 0.1) is 11.8 Å². The van der Waals surface area contributed by atoms with Crippen LogP contribution in [0.3, 0.4) is 0 Å².